The first kappa shape index (κ1) is 17.0. The van der Waals surface area contributed by atoms with Gasteiger partial charge in [-0.1, -0.05) is 29.3 Å². The van der Waals surface area contributed by atoms with E-state index < -0.39 is 0 Å². The minimum Gasteiger partial charge on any atom is -0.495 e. The van der Waals surface area contributed by atoms with Gasteiger partial charge in [0, 0.05) is 16.9 Å². The lowest BCUT2D eigenvalue weighted by molar-refractivity contribution is 0.417. The van der Waals surface area contributed by atoms with Crippen LogP contribution in [0.4, 0.5) is 23.1 Å². The molecule has 0 bridgehead atoms. The van der Waals surface area contributed by atoms with E-state index >= 15 is 0 Å². The maximum absolute atomic E-state index is 6.06. The highest BCUT2D eigenvalue weighted by Crippen LogP contribution is 2.30. The lowest BCUT2D eigenvalue weighted by Crippen LogP contribution is -2.02. The number of methoxy groups -OCH3 is 1. The van der Waals surface area contributed by atoms with Gasteiger partial charge in [-0.2, -0.15) is 4.98 Å². The molecule has 0 unspecified atom stereocenters. The summed E-state index contributed by atoms with van der Waals surface area (Å²) in [7, 11) is 1.60. The second kappa shape index (κ2) is 7.40. The van der Waals surface area contributed by atoms with E-state index in [1.165, 1.54) is 5.56 Å². The highest BCUT2D eigenvalue weighted by Gasteiger charge is 2.07. The smallest absolute Gasteiger partial charge is 0.229 e. The van der Waals surface area contributed by atoms with Crippen molar-refractivity contribution in [2.75, 3.05) is 17.7 Å². The summed E-state index contributed by atoms with van der Waals surface area (Å²) in [6.45, 7) is 4.13. The zero-order valence-corrected chi connectivity index (χ0v) is 15.1. The van der Waals surface area contributed by atoms with E-state index in [4.69, 9.17) is 16.3 Å². The number of nitrogens with zero attached hydrogens (tertiary/aromatic N) is 2. The molecular weight excluding hydrogens is 336 g/mol. The lowest BCUT2D eigenvalue weighted by Gasteiger charge is -2.12. The molecule has 0 aliphatic rings. The number of anilines is 4. The van der Waals surface area contributed by atoms with Crippen molar-refractivity contribution in [3.05, 3.63) is 64.8 Å². The minimum absolute atomic E-state index is 0.454. The molecule has 3 aromatic rings. The predicted octanol–water partition coefficient (Wildman–Crippen LogP) is 5.24. The molecule has 6 heteroatoms. The van der Waals surface area contributed by atoms with E-state index in [0.717, 1.165) is 11.3 Å². The molecule has 0 saturated carbocycles. The fraction of sp³-hybridized carbons (Fsp3) is 0.158. The van der Waals surface area contributed by atoms with Crippen LogP contribution in [0.5, 0.6) is 5.75 Å². The topological polar surface area (TPSA) is 59.1 Å². The number of aromatic nitrogens is 2. The largest absolute Gasteiger partial charge is 0.495 e. The molecule has 0 radical (unpaired) electrons. The molecule has 2 aromatic carbocycles. The first-order valence-corrected chi connectivity index (χ1v) is 8.21. The highest BCUT2D eigenvalue weighted by molar-refractivity contribution is 6.31. The maximum Gasteiger partial charge on any atom is 0.229 e. The molecule has 25 heavy (non-hydrogen) atoms. The zero-order chi connectivity index (χ0) is 17.8. The fourth-order valence-corrected chi connectivity index (χ4v) is 2.65. The SMILES string of the molecule is COc1ccc(Cl)cc1Nc1nccc(Nc2ccc(C)cc2C)n1. The average Bonchev–Trinajstić information content (AvgIpc) is 2.58. The van der Waals surface area contributed by atoms with Crippen LogP contribution in [0.15, 0.2) is 48.7 Å². The van der Waals surface area contributed by atoms with Crippen molar-refractivity contribution in [3.8, 4) is 5.75 Å². The second-order valence-corrected chi connectivity index (χ2v) is 6.11. The summed E-state index contributed by atoms with van der Waals surface area (Å²) in [6.07, 6.45) is 1.69. The summed E-state index contributed by atoms with van der Waals surface area (Å²) in [4.78, 5) is 8.76. The Hall–Kier alpha value is -2.79. The van der Waals surface area contributed by atoms with Crippen LogP contribution in [0, 0.1) is 13.8 Å². The van der Waals surface area contributed by atoms with Crippen molar-refractivity contribution >= 4 is 34.7 Å². The summed E-state index contributed by atoms with van der Waals surface area (Å²) in [6, 6.07) is 13.4. The third-order valence-corrected chi connectivity index (χ3v) is 3.94. The molecule has 0 aliphatic carbocycles. The zero-order valence-electron chi connectivity index (χ0n) is 14.3. The van der Waals surface area contributed by atoms with Gasteiger partial charge in [0.05, 0.1) is 12.8 Å². The van der Waals surface area contributed by atoms with Crippen LogP contribution in [-0.2, 0) is 0 Å². The van der Waals surface area contributed by atoms with Gasteiger partial charge >= 0.3 is 0 Å². The fourth-order valence-electron chi connectivity index (χ4n) is 2.48. The Balaban J connectivity index is 1.83. The summed E-state index contributed by atoms with van der Waals surface area (Å²) in [5, 5.41) is 7.06. The molecule has 0 amide bonds. The van der Waals surface area contributed by atoms with Crippen LogP contribution < -0.4 is 15.4 Å². The van der Waals surface area contributed by atoms with E-state index in [1.54, 1.807) is 31.5 Å². The Labute approximate surface area is 152 Å². The molecule has 128 valence electrons. The molecule has 0 spiro atoms. The second-order valence-electron chi connectivity index (χ2n) is 5.68. The summed E-state index contributed by atoms with van der Waals surface area (Å²) < 4.78 is 5.33. The molecular formula is C19H19ClN4O. The molecule has 0 aliphatic heterocycles. The lowest BCUT2D eigenvalue weighted by atomic mass is 10.1. The van der Waals surface area contributed by atoms with E-state index in [9.17, 15) is 0 Å². The van der Waals surface area contributed by atoms with Gasteiger partial charge < -0.3 is 15.4 Å². The van der Waals surface area contributed by atoms with E-state index in [-0.39, 0.29) is 0 Å². The first-order valence-electron chi connectivity index (χ1n) is 7.83. The van der Waals surface area contributed by atoms with Gasteiger partial charge in [0.15, 0.2) is 0 Å². The van der Waals surface area contributed by atoms with Gasteiger partial charge in [0.25, 0.3) is 0 Å². The molecule has 2 N–H and O–H groups in total. The van der Waals surface area contributed by atoms with Gasteiger partial charge in [-0.25, -0.2) is 4.98 Å². The molecule has 0 saturated heterocycles. The van der Waals surface area contributed by atoms with Crippen LogP contribution in [0.3, 0.4) is 0 Å². The van der Waals surface area contributed by atoms with Gasteiger partial charge in [0.2, 0.25) is 5.95 Å². The van der Waals surface area contributed by atoms with Crippen molar-refractivity contribution < 1.29 is 4.74 Å². The Morgan fingerprint density at radius 3 is 2.56 bits per heavy atom. The molecule has 0 fully saturated rings. The Morgan fingerprint density at radius 2 is 1.80 bits per heavy atom. The number of aryl methyl sites for hydroxylation is 2. The number of rotatable bonds is 5. The minimum atomic E-state index is 0.454. The molecule has 1 aromatic heterocycles. The number of halogens is 1. The van der Waals surface area contributed by atoms with Crippen LogP contribution in [0.2, 0.25) is 5.02 Å². The number of ether oxygens (including phenoxy) is 1. The van der Waals surface area contributed by atoms with Crippen molar-refractivity contribution in [2.45, 2.75) is 13.8 Å². The predicted molar refractivity (Wildman–Crippen MR) is 103 cm³/mol. The van der Waals surface area contributed by atoms with Gasteiger partial charge in [-0.05, 0) is 49.7 Å². The van der Waals surface area contributed by atoms with Gasteiger partial charge in [-0.15, -0.1) is 0 Å². The quantitative estimate of drug-likeness (QED) is 0.656. The standard InChI is InChI=1S/C19H19ClN4O/c1-12-4-6-15(13(2)10-12)22-18-8-9-21-19(24-18)23-16-11-14(20)5-7-17(16)25-3/h4-11H,1-3H3,(H2,21,22,23,24). The van der Waals surface area contributed by atoms with Gasteiger partial charge in [0.1, 0.15) is 11.6 Å². The average molecular weight is 355 g/mol. The number of hydrogen-bond donors (Lipinski definition) is 2. The van der Waals surface area contributed by atoms with Crippen LogP contribution in [0.25, 0.3) is 0 Å². The van der Waals surface area contributed by atoms with E-state index in [0.29, 0.717) is 28.2 Å². The number of hydrogen-bond acceptors (Lipinski definition) is 5. The third-order valence-electron chi connectivity index (χ3n) is 3.71. The Kier molecular flexibility index (Phi) is 5.05. The summed E-state index contributed by atoms with van der Waals surface area (Å²) >= 11 is 6.06. The number of nitrogens with one attached hydrogen (secondary N) is 2. The van der Waals surface area contributed by atoms with E-state index in [1.807, 2.05) is 12.1 Å². The van der Waals surface area contributed by atoms with Crippen molar-refractivity contribution in [1.29, 1.82) is 0 Å². The Bertz CT molecular complexity index is 898. The normalized spacial score (nSPS) is 10.4. The van der Waals surface area contributed by atoms with Crippen LogP contribution in [-0.4, -0.2) is 17.1 Å². The maximum atomic E-state index is 6.06. The third kappa shape index (κ3) is 4.19. The summed E-state index contributed by atoms with van der Waals surface area (Å²) in [5.74, 6) is 1.82. The highest BCUT2D eigenvalue weighted by atomic mass is 35.5. The first-order chi connectivity index (χ1) is 12.0. The van der Waals surface area contributed by atoms with Crippen LogP contribution in [0.1, 0.15) is 11.1 Å². The van der Waals surface area contributed by atoms with E-state index in [2.05, 4.69) is 46.6 Å². The molecule has 3 rings (SSSR count). The number of benzene rings is 2. The van der Waals surface area contributed by atoms with Crippen LogP contribution >= 0.6 is 11.6 Å². The molecule has 5 nitrogen and oxygen atoms in total. The van der Waals surface area contributed by atoms with Gasteiger partial charge in [-0.3, -0.25) is 0 Å². The summed E-state index contributed by atoms with van der Waals surface area (Å²) in [5.41, 5.74) is 4.10. The van der Waals surface area contributed by atoms with Crippen molar-refractivity contribution in [3.63, 3.8) is 0 Å². The Morgan fingerprint density at radius 1 is 0.960 bits per heavy atom. The molecule has 0 atom stereocenters. The van der Waals surface area contributed by atoms with Crippen molar-refractivity contribution in [1.82, 2.24) is 9.97 Å². The molecule has 1 heterocycles. The monoisotopic (exact) mass is 354 g/mol. The van der Waals surface area contributed by atoms with Crippen molar-refractivity contribution in [2.24, 2.45) is 0 Å².